The number of carbonyl (C=O) groups excluding carboxylic acids is 1. The van der Waals surface area contributed by atoms with Crippen LogP contribution in [-0.4, -0.2) is 211 Å². The average Bonchev–Trinajstić information content (AvgIpc) is 0.755. The lowest BCUT2D eigenvalue weighted by Crippen LogP contribution is -2.71. The van der Waals surface area contributed by atoms with Crippen molar-refractivity contribution < 1.29 is 120 Å². The Labute approximate surface area is 746 Å². The van der Waals surface area contributed by atoms with Crippen LogP contribution >= 0.6 is 0 Å². The van der Waals surface area contributed by atoms with E-state index >= 15 is 0 Å². The van der Waals surface area contributed by atoms with Gasteiger partial charge in [-0.3, -0.25) is 4.79 Å². The minimum absolute atomic E-state index is 0.00186. The van der Waals surface area contributed by atoms with E-state index in [4.69, 9.17) is 90.0 Å². The number of carbonyl (C=O) groups is 1. The number of rotatable bonds is 43. The van der Waals surface area contributed by atoms with Crippen LogP contribution in [0.1, 0.15) is 69.5 Å². The summed E-state index contributed by atoms with van der Waals surface area (Å²) in [5.41, 5.74) is 8.18. The third-order valence-corrected chi connectivity index (χ3v) is 23.1. The third-order valence-electron chi connectivity index (χ3n) is 23.1. The van der Waals surface area contributed by atoms with E-state index in [9.17, 15) is 30.3 Å². The van der Waals surface area contributed by atoms with E-state index in [0.29, 0.717) is 5.56 Å². The lowest BCUT2D eigenvalue weighted by molar-refractivity contribution is -0.399. The van der Waals surface area contributed by atoms with Crippen LogP contribution in [0.25, 0.3) is 0 Å². The van der Waals surface area contributed by atoms with Crippen molar-refractivity contribution in [2.24, 2.45) is 0 Å². The van der Waals surface area contributed by atoms with Gasteiger partial charge in [0.15, 0.2) is 31.5 Å². The summed E-state index contributed by atoms with van der Waals surface area (Å²) in [4.78, 5) is 14.8. The molecule has 6 N–H and O–H groups in total. The highest BCUT2D eigenvalue weighted by Crippen LogP contribution is 2.42. The molecule has 26 heteroatoms. The summed E-state index contributed by atoms with van der Waals surface area (Å²) in [5, 5.41) is 63.0. The first-order valence-electron chi connectivity index (χ1n) is 43.8. The predicted molar refractivity (Wildman–Crippen MR) is 467 cm³/mol. The summed E-state index contributed by atoms with van der Waals surface area (Å²) in [7, 11) is 0. The summed E-state index contributed by atoms with van der Waals surface area (Å²) in [6, 6.07) is 94.3. The fourth-order valence-corrected chi connectivity index (χ4v) is 16.4. The molecular weight excluding hydrogens is 1640 g/mol. The summed E-state index contributed by atoms with van der Waals surface area (Å²) in [6.45, 7) is 2.01. The van der Waals surface area contributed by atoms with Gasteiger partial charge in [-0.2, -0.15) is 0 Å². The van der Waals surface area contributed by atoms with Crippen molar-refractivity contribution >= 4 is 5.91 Å². The molecule has 0 bridgehead atoms. The second kappa shape index (κ2) is 48.0. The van der Waals surface area contributed by atoms with E-state index in [1.165, 1.54) is 6.92 Å². The van der Waals surface area contributed by atoms with Gasteiger partial charge >= 0.3 is 0 Å². The molecule has 10 aromatic carbocycles. The van der Waals surface area contributed by atoms with E-state index in [0.717, 1.165) is 50.1 Å². The van der Waals surface area contributed by atoms with Gasteiger partial charge in [0.05, 0.1) is 98.6 Å². The smallest absolute Gasteiger partial charge is 0.217 e. The first-order chi connectivity index (χ1) is 62.8. The zero-order chi connectivity index (χ0) is 88.2. The molecule has 25 atom stereocenters. The van der Waals surface area contributed by atoms with Crippen LogP contribution in [0.4, 0.5) is 0 Å². The minimum Gasteiger partial charge on any atom is -0.394 e. The van der Waals surface area contributed by atoms with Gasteiger partial charge in [-0.25, -0.2) is 0 Å². The van der Waals surface area contributed by atoms with E-state index in [1.54, 1.807) is 0 Å². The first kappa shape index (κ1) is 93.4. The fourth-order valence-electron chi connectivity index (χ4n) is 16.4. The van der Waals surface area contributed by atoms with Gasteiger partial charge in [0.2, 0.25) is 5.91 Å². The highest BCUT2D eigenvalue weighted by atomic mass is 16.8. The summed E-state index contributed by atoms with van der Waals surface area (Å²) < 4.78 is 136. The Morgan fingerprint density at radius 3 is 0.922 bits per heavy atom. The molecule has 5 aliphatic heterocycles. The number of aliphatic hydroxyl groups is 5. The Hall–Kier alpha value is -9.29. The highest BCUT2D eigenvalue weighted by molar-refractivity contribution is 5.73. The summed E-state index contributed by atoms with van der Waals surface area (Å²) >= 11 is 0. The molecule has 128 heavy (non-hydrogen) atoms. The van der Waals surface area contributed by atoms with Crippen molar-refractivity contribution in [2.45, 2.75) is 233 Å². The zero-order valence-electron chi connectivity index (χ0n) is 71.6. The van der Waals surface area contributed by atoms with Gasteiger partial charge in [-0.1, -0.05) is 303 Å². The molecule has 26 nitrogen and oxygen atoms in total. The number of hydrogen-bond acceptors (Lipinski definition) is 25. The summed E-state index contributed by atoms with van der Waals surface area (Å²) in [5.74, 6) is -0.647. The second-order valence-corrected chi connectivity index (χ2v) is 32.5. The monoisotopic (exact) mass is 1750 g/mol. The number of nitrogens with one attached hydrogen (secondary N) is 1. The van der Waals surface area contributed by atoms with Crippen molar-refractivity contribution in [3.05, 3.63) is 359 Å². The van der Waals surface area contributed by atoms with Crippen LogP contribution in [0.5, 0.6) is 0 Å². The van der Waals surface area contributed by atoms with Crippen molar-refractivity contribution in [3.63, 3.8) is 0 Å². The Morgan fingerprint density at radius 2 is 0.539 bits per heavy atom. The molecule has 0 radical (unpaired) electrons. The van der Waals surface area contributed by atoms with Crippen LogP contribution in [0, 0.1) is 0 Å². The number of ether oxygens (including phenoxy) is 19. The molecule has 0 saturated carbocycles. The molecule has 0 spiro atoms. The maximum atomic E-state index is 14.8. The maximum Gasteiger partial charge on any atom is 0.217 e. The molecule has 5 saturated heterocycles. The van der Waals surface area contributed by atoms with Crippen molar-refractivity contribution in [2.75, 3.05) is 26.4 Å². The van der Waals surface area contributed by atoms with E-state index < -0.39 is 166 Å². The van der Waals surface area contributed by atoms with Crippen LogP contribution < -0.4 is 5.32 Å². The average molecular weight is 1760 g/mol. The normalized spacial score (nSPS) is 29.6. The minimum atomic E-state index is -2.00. The van der Waals surface area contributed by atoms with Crippen LogP contribution in [0.2, 0.25) is 0 Å². The standard InChI is InChI=1S/C102H115NO25/c1-67-88(113-57-72-39-19-6-20-40-72)93(114-58-73-41-21-7-22-42-73)97(118-62-77-49-29-11-30-50-77)101(120-67)127-91-83(103-68(2)105)98(123-81(65-111-55-70-35-15-4-16-36-70)89(91)125-99-87(109)86(108)84(106)79(53-104)121-99)128-92-85(107)80(64-110-54-69-33-13-3-14-34-69)122-102(95(92)116-60-75-45-25-9-26-46-75)126-90-82(66-112-56-71-37-17-5-18-38-71)124-100(119-63-78-51-31-12-32-52-78)96(117-61-76-47-27-10-28-48-76)94(90)115-59-74-43-23-8-24-44-74/h3-52,67,79-102,104,106-109H,53-66H2,1-2H3,(H,103,105)/t67-,79+,80+,81+,82+,83+,84-,85-,86-,87+,88+,89+,90+,91+,92-,93+,94-,95+,96+,97-,98-,99-,100+,101-,102-/m0/s1. The molecule has 5 aliphatic rings. The van der Waals surface area contributed by atoms with Gasteiger partial charge in [0.25, 0.3) is 0 Å². The SMILES string of the molecule is CC(=O)N[C@H]1[C@H](O[C@H]2[C@@H](O)[C@@H](COCc3ccccc3)O[C@@H](O[C@H]3[C@H](OCc4ccccc4)[C@@H](OCc4ccccc4)[C@H](OCc4ccccc4)O[C@@H]3COCc3ccccc3)[C@@H]2OCc2ccccc2)O[C@H](COCc2ccccc2)[C@@H](O[C@@H]2O[C@H](CO)[C@H](O)[C@H](O)[C@H]2O)[C@@H]1O[C@@H]1O[C@@H](C)[C@@H](OCc2ccccc2)[C@@H](OCc2ccccc2)[C@@H]1OCc1ccccc1. The van der Waals surface area contributed by atoms with E-state index in [-0.39, 0.29) is 85.9 Å². The lowest BCUT2D eigenvalue weighted by atomic mass is 9.93. The zero-order valence-corrected chi connectivity index (χ0v) is 71.6. The fraction of sp³-hybridized carbons (Fsp3) is 0.402. The second-order valence-electron chi connectivity index (χ2n) is 32.5. The highest BCUT2D eigenvalue weighted by Gasteiger charge is 2.60. The third kappa shape index (κ3) is 25.9. The van der Waals surface area contributed by atoms with Gasteiger partial charge in [-0.15, -0.1) is 0 Å². The van der Waals surface area contributed by atoms with Crippen LogP contribution in [0.3, 0.4) is 0 Å². The van der Waals surface area contributed by atoms with E-state index in [1.807, 2.05) is 310 Å². The van der Waals surface area contributed by atoms with Gasteiger partial charge in [0.1, 0.15) is 116 Å². The number of amides is 1. The molecule has 1 amide bonds. The number of aliphatic hydroxyl groups excluding tert-OH is 5. The molecule has 15 rings (SSSR count). The van der Waals surface area contributed by atoms with E-state index in [2.05, 4.69) is 5.32 Å². The number of hydrogen-bond donors (Lipinski definition) is 6. The molecule has 10 aromatic rings. The lowest BCUT2D eigenvalue weighted by Gasteiger charge is -2.53. The molecule has 0 aliphatic carbocycles. The van der Waals surface area contributed by atoms with Crippen LogP contribution in [-0.2, 0) is 161 Å². The summed E-state index contributed by atoms with van der Waals surface area (Å²) in [6.07, 6.45) is -34.7. The molecule has 0 unspecified atom stereocenters. The molecule has 0 aromatic heterocycles. The van der Waals surface area contributed by atoms with Crippen molar-refractivity contribution in [1.82, 2.24) is 5.32 Å². The predicted octanol–water partition coefficient (Wildman–Crippen LogP) is 11.5. The number of benzene rings is 10. The Balaban J connectivity index is 0.870. The molecule has 678 valence electrons. The molecular formula is C102H115NO25. The van der Waals surface area contributed by atoms with Crippen LogP contribution in [0.15, 0.2) is 303 Å². The topological polar surface area (TPSA) is 306 Å². The van der Waals surface area contributed by atoms with Gasteiger partial charge in [-0.05, 0) is 62.6 Å². The maximum absolute atomic E-state index is 14.8. The Bertz CT molecular complexity index is 4790. The van der Waals surface area contributed by atoms with Crippen molar-refractivity contribution in [3.8, 4) is 0 Å². The first-order valence-corrected chi connectivity index (χ1v) is 43.8. The molecule has 5 fully saturated rings. The van der Waals surface area contributed by atoms with Gasteiger partial charge in [0, 0.05) is 6.92 Å². The molecule has 5 heterocycles. The van der Waals surface area contributed by atoms with Crippen molar-refractivity contribution in [1.29, 1.82) is 0 Å². The largest absolute Gasteiger partial charge is 0.394 e. The van der Waals surface area contributed by atoms with Gasteiger partial charge < -0.3 is 121 Å². The Kier molecular flexibility index (Phi) is 35.0. The quantitative estimate of drug-likeness (QED) is 0.0207. The Morgan fingerprint density at radius 1 is 0.266 bits per heavy atom.